The Morgan fingerprint density at radius 1 is 2.00 bits per heavy atom. The topological polar surface area (TPSA) is 17.1 Å². The molecule has 0 bridgehead atoms. The van der Waals surface area contributed by atoms with Crippen molar-refractivity contribution in [2.45, 2.75) is 5.63 Å². The van der Waals surface area contributed by atoms with Crippen molar-refractivity contribution >= 4 is 17.9 Å². The molecule has 0 aliphatic heterocycles. The Bertz CT molecular complexity index is 36.6. The summed E-state index contributed by atoms with van der Waals surface area (Å²) >= 11 is 4.37. The SMILES string of the molecule is O=[C]C(F)Cl. The molecule has 5 heavy (non-hydrogen) atoms. The van der Waals surface area contributed by atoms with Gasteiger partial charge in [0.2, 0.25) is 5.63 Å². The molecular weight excluding hydrogens is 94.5 g/mol. The molecule has 0 heterocycles. The second kappa shape index (κ2) is 2.15. The van der Waals surface area contributed by atoms with Crippen molar-refractivity contribution in [1.29, 1.82) is 0 Å². The summed E-state index contributed by atoms with van der Waals surface area (Å²) in [7, 11) is 0. The predicted octanol–water partition coefficient (Wildman–Crippen LogP) is 0.630. The van der Waals surface area contributed by atoms with E-state index in [1.807, 2.05) is 0 Å². The minimum Gasteiger partial charge on any atom is -0.286 e. The third kappa shape index (κ3) is 3.89. The Labute approximate surface area is 33.7 Å². The molecule has 0 aliphatic rings. The number of alkyl halides is 2. The zero-order valence-corrected chi connectivity index (χ0v) is 3.00. The first-order valence-corrected chi connectivity index (χ1v) is 1.37. The van der Waals surface area contributed by atoms with E-state index in [1.165, 1.54) is 0 Å². The summed E-state index contributed by atoms with van der Waals surface area (Å²) in [5.74, 6) is 0. The van der Waals surface area contributed by atoms with Crippen molar-refractivity contribution in [3.8, 4) is 0 Å². The summed E-state index contributed by atoms with van der Waals surface area (Å²) in [6.45, 7) is 0. The summed E-state index contributed by atoms with van der Waals surface area (Å²) in [6.07, 6.45) is 0.877. The highest BCUT2D eigenvalue weighted by molar-refractivity contribution is 6.26. The lowest BCUT2D eigenvalue weighted by Gasteiger charge is -1.69. The monoisotopic (exact) mass is 95.0 g/mol. The van der Waals surface area contributed by atoms with E-state index in [0.717, 1.165) is 6.29 Å². The first-order valence-electron chi connectivity index (χ1n) is 0.929. The van der Waals surface area contributed by atoms with Gasteiger partial charge in [0.15, 0.2) is 0 Å². The predicted molar refractivity (Wildman–Crippen MR) is 16.4 cm³/mol. The van der Waals surface area contributed by atoms with Crippen molar-refractivity contribution in [3.05, 3.63) is 0 Å². The summed E-state index contributed by atoms with van der Waals surface area (Å²) in [5, 5.41) is 0. The number of hydrogen-bond acceptors (Lipinski definition) is 1. The van der Waals surface area contributed by atoms with Crippen molar-refractivity contribution in [2.24, 2.45) is 0 Å². The summed E-state index contributed by atoms with van der Waals surface area (Å²) in [4.78, 5) is 8.87. The Morgan fingerprint density at radius 2 is 2.20 bits per heavy atom. The van der Waals surface area contributed by atoms with Crippen molar-refractivity contribution in [3.63, 3.8) is 0 Å². The van der Waals surface area contributed by atoms with Crippen LogP contribution in [0, 0.1) is 0 Å². The third-order valence-corrected chi connectivity index (χ3v) is 0.178. The maximum atomic E-state index is 10.8. The van der Waals surface area contributed by atoms with Crippen molar-refractivity contribution in [1.82, 2.24) is 0 Å². The van der Waals surface area contributed by atoms with E-state index in [1.54, 1.807) is 0 Å². The largest absolute Gasteiger partial charge is 0.286 e. The average Bonchev–Trinajstić information content (AvgIpc) is 1.38. The van der Waals surface area contributed by atoms with Crippen LogP contribution in [0.3, 0.4) is 0 Å². The van der Waals surface area contributed by atoms with Gasteiger partial charge in [0.1, 0.15) is 0 Å². The zero-order chi connectivity index (χ0) is 4.28. The summed E-state index contributed by atoms with van der Waals surface area (Å²) in [6, 6.07) is 0. The fourth-order valence-electron chi connectivity index (χ4n) is 0. The second-order valence-electron chi connectivity index (χ2n) is 0.419. The molecule has 0 rings (SSSR count). The molecule has 0 saturated heterocycles. The van der Waals surface area contributed by atoms with E-state index >= 15 is 0 Å². The molecule has 0 aromatic rings. The third-order valence-electron chi connectivity index (χ3n) is 0.0891. The fraction of sp³-hybridized carbons (Fsp3) is 0.500. The number of rotatable bonds is 1. The summed E-state index contributed by atoms with van der Waals surface area (Å²) in [5.41, 5.74) is -1.95. The maximum absolute atomic E-state index is 10.8. The first kappa shape index (κ1) is 4.89. The van der Waals surface area contributed by atoms with Crippen LogP contribution in [0.5, 0.6) is 0 Å². The molecule has 29 valence electrons. The first-order chi connectivity index (χ1) is 2.27. The smallest absolute Gasteiger partial charge is 0.252 e. The molecule has 1 radical (unpaired) electrons. The second-order valence-corrected chi connectivity index (χ2v) is 0.802. The lowest BCUT2D eigenvalue weighted by atomic mass is 10.9. The van der Waals surface area contributed by atoms with Gasteiger partial charge in [0, 0.05) is 0 Å². The van der Waals surface area contributed by atoms with E-state index in [-0.39, 0.29) is 0 Å². The van der Waals surface area contributed by atoms with Gasteiger partial charge in [-0.3, -0.25) is 4.79 Å². The van der Waals surface area contributed by atoms with Gasteiger partial charge < -0.3 is 0 Å². The Balaban J connectivity index is 2.83. The highest BCUT2D eigenvalue weighted by Crippen LogP contribution is 1.87. The highest BCUT2D eigenvalue weighted by atomic mass is 35.5. The molecule has 0 amide bonds. The molecule has 0 aromatic carbocycles. The van der Waals surface area contributed by atoms with Crippen molar-refractivity contribution in [2.75, 3.05) is 0 Å². The van der Waals surface area contributed by atoms with Crippen LogP contribution in [-0.4, -0.2) is 11.9 Å². The van der Waals surface area contributed by atoms with E-state index in [9.17, 15) is 4.39 Å². The van der Waals surface area contributed by atoms with Crippen LogP contribution < -0.4 is 0 Å². The molecule has 1 atom stereocenters. The Hall–Kier alpha value is -0.110. The van der Waals surface area contributed by atoms with Crippen LogP contribution in [0.1, 0.15) is 0 Å². The van der Waals surface area contributed by atoms with Crippen LogP contribution in [0.2, 0.25) is 0 Å². The molecule has 3 heteroatoms. The molecule has 0 saturated carbocycles. The Morgan fingerprint density at radius 3 is 2.20 bits per heavy atom. The lowest BCUT2D eigenvalue weighted by molar-refractivity contribution is 0.480. The van der Waals surface area contributed by atoms with Gasteiger partial charge in [0.25, 0.3) is 6.29 Å². The number of carbonyl (C=O) groups excluding carboxylic acids is 1. The molecule has 0 fully saturated rings. The van der Waals surface area contributed by atoms with Gasteiger partial charge >= 0.3 is 0 Å². The van der Waals surface area contributed by atoms with Crippen LogP contribution in [0.4, 0.5) is 4.39 Å². The van der Waals surface area contributed by atoms with Crippen molar-refractivity contribution < 1.29 is 9.18 Å². The Kier molecular flexibility index (Phi) is 2.10. The van der Waals surface area contributed by atoms with Gasteiger partial charge in [-0.25, -0.2) is 4.39 Å². The van der Waals surface area contributed by atoms with E-state index in [4.69, 9.17) is 4.79 Å². The maximum Gasteiger partial charge on any atom is 0.252 e. The highest BCUT2D eigenvalue weighted by Gasteiger charge is 1.91. The molecule has 1 unspecified atom stereocenters. The van der Waals surface area contributed by atoms with E-state index in [2.05, 4.69) is 11.6 Å². The summed E-state index contributed by atoms with van der Waals surface area (Å²) < 4.78 is 10.8. The van der Waals surface area contributed by atoms with Gasteiger partial charge in [-0.2, -0.15) is 0 Å². The minimum atomic E-state index is -1.95. The van der Waals surface area contributed by atoms with Crippen LogP contribution >= 0.6 is 11.6 Å². The van der Waals surface area contributed by atoms with Gasteiger partial charge in [-0.15, -0.1) is 0 Å². The molecule has 1 nitrogen and oxygen atoms in total. The molecular formula is C2HClFO. The molecule has 0 aliphatic carbocycles. The standard InChI is InChI=1S/C2HClFO/c3-2(4)1-5/h2H. The molecule has 0 N–H and O–H groups in total. The average molecular weight is 95.5 g/mol. The van der Waals surface area contributed by atoms with Gasteiger partial charge in [-0.1, -0.05) is 11.6 Å². The quantitative estimate of drug-likeness (QED) is 0.437. The minimum absolute atomic E-state index is 0.877. The molecule has 0 aromatic heterocycles. The van der Waals surface area contributed by atoms with E-state index < -0.39 is 5.63 Å². The van der Waals surface area contributed by atoms with Crippen LogP contribution in [-0.2, 0) is 4.79 Å². The van der Waals surface area contributed by atoms with Gasteiger partial charge in [0.05, 0.1) is 0 Å². The number of hydrogen-bond donors (Lipinski definition) is 0. The van der Waals surface area contributed by atoms with E-state index in [0.29, 0.717) is 0 Å². The van der Waals surface area contributed by atoms with Gasteiger partial charge in [-0.05, 0) is 0 Å². The fourth-order valence-corrected chi connectivity index (χ4v) is 0. The molecule has 0 spiro atoms. The number of halogens is 2. The van der Waals surface area contributed by atoms with Crippen LogP contribution in [0.25, 0.3) is 0 Å². The normalized spacial score (nSPS) is 14.0. The zero-order valence-electron chi connectivity index (χ0n) is 2.24. The van der Waals surface area contributed by atoms with Crippen LogP contribution in [0.15, 0.2) is 0 Å². The lowest BCUT2D eigenvalue weighted by Crippen LogP contribution is -1.83.